The van der Waals surface area contributed by atoms with E-state index in [2.05, 4.69) is 10.2 Å². The molecular formula is C26H28ClN3O3S. The van der Waals surface area contributed by atoms with Gasteiger partial charge < -0.3 is 5.32 Å². The number of hydrogen-bond acceptors (Lipinski definition) is 4. The standard InChI is InChI=1S/C26H28ClN3O3S/c1-20-6-12-24(13-7-20)34(32,33)30-16-14-29(15-17-30)19-21-8-10-22(11-9-21)26(31)28-18-23-4-2-3-5-25(23)27/h2-13H,14-19H2,1H3,(H,28,31). The SMILES string of the molecule is Cc1ccc(S(=O)(=O)N2CCN(Cc3ccc(C(=O)NCc4ccccc4Cl)cc3)CC2)cc1. The summed E-state index contributed by atoms with van der Waals surface area (Å²) in [6, 6.07) is 21.9. The zero-order valence-electron chi connectivity index (χ0n) is 19.1. The van der Waals surface area contributed by atoms with Crippen molar-refractivity contribution in [1.29, 1.82) is 0 Å². The molecular weight excluding hydrogens is 470 g/mol. The minimum Gasteiger partial charge on any atom is -0.348 e. The molecule has 0 unspecified atom stereocenters. The number of amides is 1. The summed E-state index contributed by atoms with van der Waals surface area (Å²) in [6.07, 6.45) is 0. The Kier molecular flexibility index (Phi) is 7.68. The monoisotopic (exact) mass is 497 g/mol. The first kappa shape index (κ1) is 24.4. The van der Waals surface area contributed by atoms with E-state index >= 15 is 0 Å². The van der Waals surface area contributed by atoms with Gasteiger partial charge in [0.25, 0.3) is 5.91 Å². The van der Waals surface area contributed by atoms with Gasteiger partial charge in [0.2, 0.25) is 10.0 Å². The first-order chi connectivity index (χ1) is 16.3. The zero-order valence-corrected chi connectivity index (χ0v) is 20.6. The molecule has 0 aliphatic carbocycles. The highest BCUT2D eigenvalue weighted by Crippen LogP contribution is 2.19. The van der Waals surface area contributed by atoms with E-state index in [1.54, 1.807) is 22.5 Å². The molecule has 1 aliphatic heterocycles. The topological polar surface area (TPSA) is 69.7 Å². The second-order valence-corrected chi connectivity index (χ2v) is 10.8. The van der Waals surface area contributed by atoms with Crippen LogP contribution in [0.4, 0.5) is 0 Å². The van der Waals surface area contributed by atoms with Gasteiger partial charge in [0.05, 0.1) is 4.90 Å². The third-order valence-electron chi connectivity index (χ3n) is 6.01. The molecule has 0 saturated carbocycles. The molecule has 1 aliphatic rings. The average Bonchev–Trinajstić information content (AvgIpc) is 2.84. The van der Waals surface area contributed by atoms with Gasteiger partial charge in [-0.3, -0.25) is 9.69 Å². The normalized spacial score (nSPS) is 15.2. The average molecular weight is 498 g/mol. The lowest BCUT2D eigenvalue weighted by molar-refractivity contribution is 0.0951. The molecule has 3 aromatic carbocycles. The third kappa shape index (κ3) is 5.85. The Morgan fingerprint density at radius 1 is 0.912 bits per heavy atom. The van der Waals surface area contributed by atoms with Gasteiger partial charge in [-0.1, -0.05) is 59.6 Å². The summed E-state index contributed by atoms with van der Waals surface area (Å²) < 4.78 is 27.3. The van der Waals surface area contributed by atoms with Gasteiger partial charge in [-0.15, -0.1) is 0 Å². The maximum atomic E-state index is 12.9. The number of sulfonamides is 1. The predicted molar refractivity (Wildman–Crippen MR) is 134 cm³/mol. The van der Waals surface area contributed by atoms with E-state index in [4.69, 9.17) is 11.6 Å². The predicted octanol–water partition coefficient (Wildman–Crippen LogP) is 4.08. The first-order valence-corrected chi connectivity index (χ1v) is 13.0. The van der Waals surface area contributed by atoms with Crippen LogP contribution in [0.1, 0.15) is 27.0 Å². The molecule has 1 N–H and O–H groups in total. The van der Waals surface area contributed by atoms with Gasteiger partial charge in [0.1, 0.15) is 0 Å². The molecule has 3 aromatic rings. The summed E-state index contributed by atoms with van der Waals surface area (Å²) >= 11 is 6.15. The number of piperazine rings is 1. The highest BCUT2D eigenvalue weighted by atomic mass is 35.5. The Morgan fingerprint density at radius 3 is 2.21 bits per heavy atom. The molecule has 1 saturated heterocycles. The summed E-state index contributed by atoms with van der Waals surface area (Å²) in [5.74, 6) is -0.151. The number of rotatable bonds is 7. The third-order valence-corrected chi connectivity index (χ3v) is 8.29. The van der Waals surface area contributed by atoms with Gasteiger partial charge in [0, 0.05) is 49.9 Å². The van der Waals surface area contributed by atoms with Gasteiger partial charge in [-0.05, 0) is 48.4 Å². The molecule has 4 rings (SSSR count). The number of carbonyl (C=O) groups is 1. The Bertz CT molecular complexity index is 1240. The maximum Gasteiger partial charge on any atom is 0.251 e. The van der Waals surface area contributed by atoms with Crippen molar-refractivity contribution in [1.82, 2.24) is 14.5 Å². The molecule has 1 heterocycles. The summed E-state index contributed by atoms with van der Waals surface area (Å²) in [5, 5.41) is 3.53. The van der Waals surface area contributed by atoms with Gasteiger partial charge in [0.15, 0.2) is 0 Å². The van der Waals surface area contributed by atoms with Crippen LogP contribution in [0.15, 0.2) is 77.7 Å². The lowest BCUT2D eigenvalue weighted by Crippen LogP contribution is -2.48. The van der Waals surface area contributed by atoms with Crippen molar-refractivity contribution >= 4 is 27.5 Å². The molecule has 34 heavy (non-hydrogen) atoms. The van der Waals surface area contributed by atoms with Crippen LogP contribution in [-0.2, 0) is 23.1 Å². The maximum absolute atomic E-state index is 12.9. The van der Waals surface area contributed by atoms with E-state index in [-0.39, 0.29) is 5.91 Å². The first-order valence-electron chi connectivity index (χ1n) is 11.2. The van der Waals surface area contributed by atoms with E-state index in [1.165, 1.54) is 0 Å². The molecule has 0 radical (unpaired) electrons. The Balaban J connectivity index is 1.28. The number of carbonyl (C=O) groups excluding carboxylic acids is 1. The van der Waals surface area contributed by atoms with E-state index in [9.17, 15) is 13.2 Å². The molecule has 0 atom stereocenters. The molecule has 0 bridgehead atoms. The van der Waals surface area contributed by atoms with Gasteiger partial charge >= 0.3 is 0 Å². The fourth-order valence-corrected chi connectivity index (χ4v) is 5.55. The summed E-state index contributed by atoms with van der Waals surface area (Å²) in [6.45, 7) is 5.25. The molecule has 0 spiro atoms. The molecule has 1 fully saturated rings. The van der Waals surface area contributed by atoms with Gasteiger partial charge in [-0.2, -0.15) is 4.31 Å². The quantitative estimate of drug-likeness (QED) is 0.534. The van der Waals surface area contributed by atoms with Crippen molar-refractivity contribution in [3.63, 3.8) is 0 Å². The Labute approximate surface area is 206 Å². The lowest BCUT2D eigenvalue weighted by Gasteiger charge is -2.34. The summed E-state index contributed by atoms with van der Waals surface area (Å²) in [7, 11) is -3.46. The Morgan fingerprint density at radius 2 is 1.56 bits per heavy atom. The van der Waals surface area contributed by atoms with Crippen LogP contribution in [0.2, 0.25) is 5.02 Å². The molecule has 6 nitrogen and oxygen atoms in total. The molecule has 0 aromatic heterocycles. The fourth-order valence-electron chi connectivity index (χ4n) is 3.93. The minimum absolute atomic E-state index is 0.151. The highest BCUT2D eigenvalue weighted by molar-refractivity contribution is 7.89. The van der Waals surface area contributed by atoms with Crippen molar-refractivity contribution < 1.29 is 13.2 Å². The number of halogens is 1. The molecule has 1 amide bonds. The van der Waals surface area contributed by atoms with Crippen molar-refractivity contribution in [2.45, 2.75) is 24.9 Å². The van der Waals surface area contributed by atoms with E-state index in [1.807, 2.05) is 61.5 Å². The smallest absolute Gasteiger partial charge is 0.251 e. The number of nitrogens with zero attached hydrogens (tertiary/aromatic N) is 2. The summed E-state index contributed by atoms with van der Waals surface area (Å²) in [4.78, 5) is 15.0. The van der Waals surface area contributed by atoms with E-state index < -0.39 is 10.0 Å². The van der Waals surface area contributed by atoms with Crippen LogP contribution in [0.25, 0.3) is 0 Å². The van der Waals surface area contributed by atoms with Crippen molar-refractivity contribution in [2.24, 2.45) is 0 Å². The van der Waals surface area contributed by atoms with Crippen LogP contribution >= 0.6 is 11.6 Å². The Hall–Kier alpha value is -2.71. The van der Waals surface area contributed by atoms with Crippen molar-refractivity contribution in [3.8, 4) is 0 Å². The minimum atomic E-state index is -3.46. The molecule has 178 valence electrons. The van der Waals surface area contributed by atoms with Crippen molar-refractivity contribution in [2.75, 3.05) is 26.2 Å². The zero-order chi connectivity index (χ0) is 24.1. The lowest BCUT2D eigenvalue weighted by atomic mass is 10.1. The summed E-state index contributed by atoms with van der Waals surface area (Å²) in [5.41, 5.74) is 3.58. The number of hydrogen-bond donors (Lipinski definition) is 1. The van der Waals surface area contributed by atoms with Gasteiger partial charge in [-0.25, -0.2) is 8.42 Å². The van der Waals surface area contributed by atoms with Crippen molar-refractivity contribution in [3.05, 3.63) is 100 Å². The van der Waals surface area contributed by atoms with E-state index in [0.29, 0.717) is 54.8 Å². The van der Waals surface area contributed by atoms with Crippen LogP contribution in [0.3, 0.4) is 0 Å². The number of aryl methyl sites for hydroxylation is 1. The second-order valence-electron chi connectivity index (χ2n) is 8.46. The van der Waals surface area contributed by atoms with Crippen LogP contribution in [-0.4, -0.2) is 49.7 Å². The van der Waals surface area contributed by atoms with Crippen LogP contribution < -0.4 is 5.32 Å². The van der Waals surface area contributed by atoms with E-state index in [0.717, 1.165) is 16.7 Å². The molecule has 8 heteroatoms. The van der Waals surface area contributed by atoms with Crippen LogP contribution in [0, 0.1) is 6.92 Å². The number of nitrogens with one attached hydrogen (secondary N) is 1. The van der Waals surface area contributed by atoms with Crippen LogP contribution in [0.5, 0.6) is 0 Å². The highest BCUT2D eigenvalue weighted by Gasteiger charge is 2.28. The fraction of sp³-hybridized carbons (Fsp3) is 0.269. The second kappa shape index (κ2) is 10.7. The number of benzene rings is 3. The largest absolute Gasteiger partial charge is 0.348 e.